The van der Waals surface area contributed by atoms with Crippen LogP contribution >= 0.6 is 89.1 Å². The molecule has 20 heteroatoms. The number of amides is 4. The third-order valence-electron chi connectivity index (χ3n) is 10.8. The highest BCUT2D eigenvalue weighted by molar-refractivity contribution is 9.11. The normalized spacial score (nSPS) is 15.1. The summed E-state index contributed by atoms with van der Waals surface area (Å²) in [5, 5.41) is 27.7. The van der Waals surface area contributed by atoms with Crippen molar-refractivity contribution >= 4 is 124 Å². The van der Waals surface area contributed by atoms with Gasteiger partial charge in [0.15, 0.2) is 0 Å². The summed E-state index contributed by atoms with van der Waals surface area (Å²) in [5.74, 6) is 0. The largest absolute Gasteiger partial charge is 0.505 e. The summed E-state index contributed by atoms with van der Waals surface area (Å²) in [6, 6.07) is 26.2. The summed E-state index contributed by atoms with van der Waals surface area (Å²) >= 11 is 23.6. The SMILES string of the molecule is Brc1cccs1.C.C.CC1(C)OB(c2cccs2)OC1(C)C.O=C(Nc1cccc(Cl)c1)N1CCc2[nH]nc(-c3cccs3)c2C1.O=C(Nc1cccc(Cl)c1)N1CCc2[nH]nc(Br)c2C1. The monoisotopic (exact) mass is 1120 g/mol. The molecule has 12 nitrogen and oxygen atoms in total. The van der Waals surface area contributed by atoms with Crippen molar-refractivity contribution in [3.8, 4) is 10.6 Å². The zero-order chi connectivity index (χ0) is 45.4. The lowest BCUT2D eigenvalue weighted by molar-refractivity contribution is 0.00578. The van der Waals surface area contributed by atoms with Gasteiger partial charge in [-0.25, -0.2) is 9.59 Å². The van der Waals surface area contributed by atoms with E-state index in [9.17, 15) is 9.59 Å². The number of carbonyl (C=O) groups excluding carboxylic acids is 2. The highest BCUT2D eigenvalue weighted by Crippen LogP contribution is 2.37. The van der Waals surface area contributed by atoms with Crippen molar-refractivity contribution in [3.63, 3.8) is 0 Å². The van der Waals surface area contributed by atoms with Gasteiger partial charge < -0.3 is 29.7 Å². The Balaban J connectivity index is 0.000000176. The van der Waals surface area contributed by atoms with Crippen LogP contribution in [0.25, 0.3) is 10.6 Å². The van der Waals surface area contributed by atoms with E-state index in [2.05, 4.69) is 90.6 Å². The number of urea groups is 2. The Kier molecular flexibility index (Phi) is 19.1. The molecular weight excluding hydrogens is 1070 g/mol. The molecule has 1 saturated heterocycles. The standard InChI is InChI=1S/C17H15ClN4OS.C13H12BrClN4O.C10H15BO2S.C4H3BrS.2CH4/c18-11-3-1-4-12(9-11)19-17(23)22-7-6-14-13(10-22)16(21-20-14)15-5-2-8-24-15;14-12-10-7-19(5-4-11(10)17-18-12)13(20)16-9-3-1-2-8(15)6-9;1-9(2)10(3,4)13-11(12-9)8-6-5-7-14-8;5-4-2-1-3-6-4;;/h1-5,8-9H,6-7,10H2,(H,19,23)(H,20,21);1-3,6H,4-5,7H2,(H,16,20)(H,17,18);5-7H,1-4H3;1-3H;2*1H4. The van der Waals surface area contributed by atoms with Gasteiger partial charge in [0.1, 0.15) is 10.3 Å². The van der Waals surface area contributed by atoms with Gasteiger partial charge in [0.25, 0.3) is 0 Å². The van der Waals surface area contributed by atoms with Crippen molar-refractivity contribution in [1.82, 2.24) is 30.2 Å². The van der Waals surface area contributed by atoms with Crippen molar-refractivity contribution in [1.29, 1.82) is 0 Å². The van der Waals surface area contributed by atoms with Crippen molar-refractivity contribution < 1.29 is 18.9 Å². The van der Waals surface area contributed by atoms with Crippen LogP contribution in [0.15, 0.2) is 109 Å². The van der Waals surface area contributed by atoms with Crippen LogP contribution in [-0.4, -0.2) is 73.7 Å². The Bertz CT molecular complexity index is 2610. The maximum Gasteiger partial charge on any atom is 0.505 e. The average molecular weight is 1120 g/mol. The molecule has 3 aliphatic heterocycles. The fourth-order valence-corrected chi connectivity index (χ4v) is 9.87. The van der Waals surface area contributed by atoms with Gasteiger partial charge in [-0.1, -0.05) is 74.5 Å². The summed E-state index contributed by atoms with van der Waals surface area (Å²) in [4.78, 5) is 29.5. The first-order chi connectivity index (χ1) is 30.7. The van der Waals surface area contributed by atoms with Crippen LogP contribution in [0.2, 0.25) is 10.0 Å². The number of fused-ring (bicyclic) bond motifs is 2. The zero-order valence-corrected chi connectivity index (χ0v) is 42.4. The maximum absolute atomic E-state index is 12.6. The molecule has 2 aromatic carbocycles. The van der Waals surface area contributed by atoms with Gasteiger partial charge in [-0.3, -0.25) is 10.2 Å². The molecule has 0 unspecified atom stereocenters. The number of hydrogen-bond acceptors (Lipinski definition) is 9. The molecule has 0 bridgehead atoms. The molecular formula is C46H53BBr2Cl2N8O4S3. The number of halogens is 4. The number of H-pyrrole nitrogens is 2. The molecule has 8 heterocycles. The molecule has 0 radical (unpaired) electrons. The zero-order valence-electron chi connectivity index (χ0n) is 35.3. The van der Waals surface area contributed by atoms with Gasteiger partial charge in [-0.05, 0) is 124 Å². The number of thiophene rings is 3. The molecule has 4 amide bonds. The number of aromatic nitrogens is 4. The van der Waals surface area contributed by atoms with E-state index in [-0.39, 0.29) is 45.2 Å². The minimum atomic E-state index is -0.234. The van der Waals surface area contributed by atoms with Crippen molar-refractivity contribution in [2.45, 2.75) is 79.7 Å². The minimum absolute atomic E-state index is 0. The van der Waals surface area contributed by atoms with Crippen LogP contribution in [0.5, 0.6) is 0 Å². The lowest BCUT2D eigenvalue weighted by Gasteiger charge is -2.32. The van der Waals surface area contributed by atoms with Gasteiger partial charge in [-0.2, -0.15) is 21.5 Å². The fraction of sp³-hybridized carbons (Fsp3) is 0.304. The predicted octanol–water partition coefficient (Wildman–Crippen LogP) is 13.6. The summed E-state index contributed by atoms with van der Waals surface area (Å²) in [5.41, 5.74) is 6.21. The van der Waals surface area contributed by atoms with E-state index in [1.807, 2.05) is 70.7 Å². The number of nitrogens with one attached hydrogen (secondary N) is 4. The lowest BCUT2D eigenvalue weighted by atomic mass is 9.88. The van der Waals surface area contributed by atoms with Crippen LogP contribution in [0.3, 0.4) is 0 Å². The van der Waals surface area contributed by atoms with E-state index in [1.165, 1.54) is 3.79 Å². The lowest BCUT2D eigenvalue weighted by Crippen LogP contribution is -2.41. The Hall–Kier alpha value is -3.98. The number of carbonyl (C=O) groups is 2. The topological polar surface area (TPSA) is 140 Å². The number of hydrogen-bond donors (Lipinski definition) is 4. The van der Waals surface area contributed by atoms with Gasteiger partial charge in [0, 0.05) is 74.6 Å². The second kappa shape index (κ2) is 23.8. The molecule has 1 fully saturated rings. The second-order valence-electron chi connectivity index (χ2n) is 15.7. The van der Waals surface area contributed by atoms with E-state index < -0.39 is 0 Å². The van der Waals surface area contributed by atoms with Crippen molar-refractivity contribution in [2.75, 3.05) is 23.7 Å². The highest BCUT2D eigenvalue weighted by atomic mass is 79.9. The molecule has 66 heavy (non-hydrogen) atoms. The van der Waals surface area contributed by atoms with E-state index in [4.69, 9.17) is 32.5 Å². The molecule has 3 aliphatic rings. The molecule has 350 valence electrons. The summed E-state index contributed by atoms with van der Waals surface area (Å²) < 4.78 is 14.9. The summed E-state index contributed by atoms with van der Waals surface area (Å²) in [6.07, 6.45) is 1.55. The molecule has 0 aliphatic carbocycles. The van der Waals surface area contributed by atoms with Crippen LogP contribution < -0.4 is 15.4 Å². The Labute approximate surface area is 426 Å². The van der Waals surface area contributed by atoms with Crippen LogP contribution in [-0.2, 0) is 35.2 Å². The van der Waals surface area contributed by atoms with Crippen molar-refractivity contribution in [2.24, 2.45) is 0 Å². The smallest absolute Gasteiger partial charge is 0.399 e. The Morgan fingerprint density at radius 2 is 1.21 bits per heavy atom. The first-order valence-electron chi connectivity index (χ1n) is 20.2. The quantitative estimate of drug-likeness (QED) is 0.129. The van der Waals surface area contributed by atoms with Gasteiger partial charge in [-0.15, -0.1) is 22.7 Å². The van der Waals surface area contributed by atoms with E-state index in [0.29, 0.717) is 47.6 Å². The van der Waals surface area contributed by atoms with E-state index in [1.54, 1.807) is 74.1 Å². The number of aromatic amines is 2. The molecule has 0 spiro atoms. The molecule has 7 aromatic rings. The highest BCUT2D eigenvalue weighted by Gasteiger charge is 2.52. The Morgan fingerprint density at radius 1 is 0.697 bits per heavy atom. The third kappa shape index (κ3) is 13.6. The second-order valence-corrected chi connectivity index (χ2v) is 21.6. The van der Waals surface area contributed by atoms with E-state index >= 15 is 0 Å². The van der Waals surface area contributed by atoms with Crippen LogP contribution in [0.1, 0.15) is 65.1 Å². The van der Waals surface area contributed by atoms with Crippen LogP contribution in [0, 0.1) is 0 Å². The number of benzene rings is 2. The van der Waals surface area contributed by atoms with Gasteiger partial charge >= 0.3 is 19.2 Å². The maximum atomic E-state index is 12.6. The van der Waals surface area contributed by atoms with Gasteiger partial charge in [0.2, 0.25) is 0 Å². The number of anilines is 2. The van der Waals surface area contributed by atoms with E-state index in [0.717, 1.165) is 55.3 Å². The molecule has 0 atom stereocenters. The van der Waals surface area contributed by atoms with Gasteiger partial charge in [0.05, 0.1) is 33.0 Å². The average Bonchev–Trinajstić information content (AvgIpc) is 4.13. The minimum Gasteiger partial charge on any atom is -0.399 e. The number of rotatable bonds is 4. The molecule has 5 aromatic heterocycles. The first kappa shape index (κ1) is 53.0. The fourth-order valence-electron chi connectivity index (χ4n) is 6.70. The summed E-state index contributed by atoms with van der Waals surface area (Å²) in [6.45, 7) is 10.7. The predicted molar refractivity (Wildman–Crippen MR) is 283 cm³/mol. The Morgan fingerprint density at radius 3 is 1.70 bits per heavy atom. The molecule has 0 saturated carbocycles. The third-order valence-corrected chi connectivity index (χ3v) is 15.2. The molecule has 10 rings (SSSR count). The van der Waals surface area contributed by atoms with Crippen molar-refractivity contribution in [3.05, 3.63) is 142 Å². The van der Waals surface area contributed by atoms with Crippen LogP contribution in [0.4, 0.5) is 21.0 Å². The molecule has 4 N–H and O–H groups in total. The summed E-state index contributed by atoms with van der Waals surface area (Å²) in [7, 11) is -0.194. The first-order valence-corrected chi connectivity index (χ1v) is 25.2. The number of nitrogens with zero attached hydrogens (tertiary/aromatic N) is 4.